The molecule has 5 aromatic rings. The largest absolute Gasteiger partial charge is 0.309 e. The van der Waals surface area contributed by atoms with Crippen LogP contribution in [0, 0.1) is 0 Å². The molecule has 0 N–H and O–H groups in total. The van der Waals surface area contributed by atoms with Crippen LogP contribution in [-0.4, -0.2) is 0 Å². The summed E-state index contributed by atoms with van der Waals surface area (Å²) in [6, 6.07) is 43.3. The van der Waals surface area contributed by atoms with Gasteiger partial charge in [0.25, 0.3) is 0 Å². The first kappa shape index (κ1) is 37.3. The minimum absolute atomic E-state index is 0.0676. The Morgan fingerprint density at radius 1 is 0.415 bits per heavy atom. The van der Waals surface area contributed by atoms with Crippen molar-refractivity contribution >= 4 is 45.7 Å². The van der Waals surface area contributed by atoms with E-state index in [1.807, 2.05) is 0 Å². The van der Waals surface area contributed by atoms with Gasteiger partial charge in [0.05, 0.1) is 16.4 Å². The van der Waals surface area contributed by atoms with Gasteiger partial charge in [-0.15, -0.1) is 0 Å². The topological polar surface area (TPSA) is 6.48 Å². The van der Waals surface area contributed by atoms with Crippen LogP contribution in [0.25, 0.3) is 0 Å². The molecular weight excluding hydrogens is 664 g/mol. The van der Waals surface area contributed by atoms with E-state index in [4.69, 9.17) is 11.6 Å². The van der Waals surface area contributed by atoms with E-state index in [0.717, 1.165) is 39.1 Å². The van der Waals surface area contributed by atoms with Gasteiger partial charge < -0.3 is 9.80 Å². The lowest BCUT2D eigenvalue weighted by Gasteiger charge is -2.32. The maximum Gasteiger partial charge on any atom is 0.0887 e. The highest BCUT2D eigenvalue weighted by Gasteiger charge is 2.25. The molecule has 2 aliphatic carbocycles. The quantitative estimate of drug-likeness (QED) is 0.157. The molecule has 53 heavy (non-hydrogen) atoms. The molecule has 0 heterocycles. The SMILES string of the molecule is CC(C)(C)c1ccc(N(c2ccc(C3CCCCC3)cc2)c2cccc(N(c3ccc(C4CCCCC4)cc3)c3ccc(C(C)(C)C)cc3)c2Cl)cc1. The molecule has 0 unspecified atom stereocenters. The number of halogens is 1. The molecule has 0 bridgehead atoms. The third-order valence-corrected chi connectivity index (χ3v) is 12.3. The van der Waals surface area contributed by atoms with Gasteiger partial charge in [-0.1, -0.05) is 146 Å². The van der Waals surface area contributed by atoms with Gasteiger partial charge in [0.1, 0.15) is 0 Å². The van der Waals surface area contributed by atoms with Gasteiger partial charge >= 0.3 is 0 Å². The van der Waals surface area contributed by atoms with Crippen LogP contribution in [0.4, 0.5) is 34.1 Å². The van der Waals surface area contributed by atoms with Crippen LogP contribution >= 0.6 is 11.6 Å². The molecule has 2 fully saturated rings. The molecule has 0 radical (unpaired) electrons. The lowest BCUT2D eigenvalue weighted by molar-refractivity contribution is 0.443. The maximum absolute atomic E-state index is 7.73. The predicted molar refractivity (Wildman–Crippen MR) is 230 cm³/mol. The molecule has 5 aromatic carbocycles. The van der Waals surface area contributed by atoms with E-state index in [0.29, 0.717) is 11.8 Å². The molecule has 0 saturated heterocycles. The zero-order chi connectivity index (χ0) is 37.2. The van der Waals surface area contributed by atoms with E-state index >= 15 is 0 Å². The summed E-state index contributed by atoms with van der Waals surface area (Å²) in [5, 5.41) is 0.722. The van der Waals surface area contributed by atoms with Crippen LogP contribution in [0.3, 0.4) is 0 Å². The Kier molecular flexibility index (Phi) is 11.1. The number of benzene rings is 5. The lowest BCUT2D eigenvalue weighted by atomic mass is 9.84. The Balaban J connectivity index is 1.33. The Labute approximate surface area is 325 Å². The second-order valence-electron chi connectivity index (χ2n) is 17.7. The standard InChI is InChI=1S/C50H59ClN2/c1-49(2,3)40-24-32-44(33-25-40)52(42-28-20-38(21-29-42)36-14-9-7-10-15-36)46-18-13-19-47(48(46)51)53(45-34-26-41(27-35-45)50(4,5)6)43-30-22-39(23-31-43)37-16-11-8-12-17-37/h13,18-37H,7-12,14-17H2,1-6H3. The van der Waals surface area contributed by atoms with Crippen LogP contribution in [-0.2, 0) is 10.8 Å². The summed E-state index contributed by atoms with van der Waals surface area (Å²) in [5.74, 6) is 1.32. The molecule has 0 spiro atoms. The van der Waals surface area contributed by atoms with Crippen molar-refractivity contribution in [3.8, 4) is 0 Å². The third-order valence-electron chi connectivity index (χ3n) is 11.9. The first-order valence-electron chi connectivity index (χ1n) is 20.3. The molecule has 2 aliphatic rings. The van der Waals surface area contributed by atoms with E-state index in [1.54, 1.807) is 0 Å². The van der Waals surface area contributed by atoms with Gasteiger partial charge in [-0.2, -0.15) is 0 Å². The second kappa shape index (κ2) is 15.8. The third kappa shape index (κ3) is 8.39. The molecule has 3 heteroatoms. The Morgan fingerprint density at radius 3 is 1.02 bits per heavy atom. The fourth-order valence-corrected chi connectivity index (χ4v) is 8.89. The summed E-state index contributed by atoms with van der Waals surface area (Å²) in [6.45, 7) is 13.6. The molecule has 0 atom stereocenters. The summed E-state index contributed by atoms with van der Waals surface area (Å²) < 4.78 is 0. The van der Waals surface area contributed by atoms with Crippen LogP contribution in [0.15, 0.2) is 115 Å². The molecule has 0 amide bonds. The van der Waals surface area contributed by atoms with Crippen LogP contribution in [0.5, 0.6) is 0 Å². The van der Waals surface area contributed by atoms with Crippen molar-refractivity contribution in [1.82, 2.24) is 0 Å². The summed E-state index contributed by atoms with van der Waals surface area (Å²) >= 11 is 7.73. The van der Waals surface area contributed by atoms with Crippen molar-refractivity contribution in [3.63, 3.8) is 0 Å². The lowest BCUT2D eigenvalue weighted by Crippen LogP contribution is -2.16. The van der Waals surface area contributed by atoms with Gasteiger partial charge in [-0.3, -0.25) is 0 Å². The molecule has 0 aromatic heterocycles. The Hall–Kier alpha value is -4.01. The highest BCUT2D eigenvalue weighted by atomic mass is 35.5. The Morgan fingerprint density at radius 2 is 0.717 bits per heavy atom. The van der Waals surface area contributed by atoms with Crippen molar-refractivity contribution in [2.75, 3.05) is 9.80 Å². The molecule has 276 valence electrons. The first-order valence-corrected chi connectivity index (χ1v) is 20.6. The van der Waals surface area contributed by atoms with E-state index in [-0.39, 0.29) is 10.8 Å². The smallest absolute Gasteiger partial charge is 0.0887 e. The number of hydrogen-bond acceptors (Lipinski definition) is 2. The van der Waals surface area contributed by atoms with E-state index in [2.05, 4.69) is 167 Å². The van der Waals surface area contributed by atoms with Crippen LogP contribution in [0.2, 0.25) is 5.02 Å². The Bertz CT molecular complexity index is 1790. The van der Waals surface area contributed by atoms with Crippen molar-refractivity contribution in [2.45, 2.75) is 128 Å². The molecule has 7 rings (SSSR count). The predicted octanol–water partition coefficient (Wildman–Crippen LogP) is 16.0. The van der Waals surface area contributed by atoms with Gasteiger partial charge in [-0.25, -0.2) is 0 Å². The first-order chi connectivity index (χ1) is 25.5. The van der Waals surface area contributed by atoms with Crippen molar-refractivity contribution in [3.05, 3.63) is 143 Å². The van der Waals surface area contributed by atoms with Gasteiger partial charge in [0, 0.05) is 22.7 Å². The zero-order valence-electron chi connectivity index (χ0n) is 33.0. The molecular formula is C50H59ClN2. The van der Waals surface area contributed by atoms with Crippen molar-refractivity contribution < 1.29 is 0 Å². The van der Waals surface area contributed by atoms with Crippen molar-refractivity contribution in [1.29, 1.82) is 0 Å². The second-order valence-corrected chi connectivity index (χ2v) is 18.1. The molecule has 2 nitrogen and oxygen atoms in total. The van der Waals surface area contributed by atoms with Gasteiger partial charge in [-0.05, 0) is 131 Å². The minimum atomic E-state index is 0.0676. The summed E-state index contributed by atoms with van der Waals surface area (Å²) in [4.78, 5) is 4.69. The highest BCUT2D eigenvalue weighted by Crippen LogP contribution is 2.48. The summed E-state index contributed by atoms with van der Waals surface area (Å²) in [7, 11) is 0. The monoisotopic (exact) mass is 722 g/mol. The van der Waals surface area contributed by atoms with Crippen LogP contribution in [0.1, 0.15) is 140 Å². The maximum atomic E-state index is 7.73. The van der Waals surface area contributed by atoms with E-state index in [9.17, 15) is 0 Å². The fraction of sp³-hybridized carbons (Fsp3) is 0.400. The number of rotatable bonds is 8. The summed E-state index contributed by atoms with van der Waals surface area (Å²) in [6.07, 6.45) is 13.2. The van der Waals surface area contributed by atoms with Gasteiger partial charge in [0.2, 0.25) is 0 Å². The average Bonchev–Trinajstić information content (AvgIpc) is 3.17. The average molecular weight is 723 g/mol. The summed E-state index contributed by atoms with van der Waals surface area (Å²) in [5.41, 5.74) is 12.0. The molecule has 0 aliphatic heterocycles. The fourth-order valence-electron chi connectivity index (χ4n) is 8.59. The number of hydrogen-bond donors (Lipinski definition) is 0. The normalized spacial score (nSPS) is 16.1. The number of nitrogens with zero attached hydrogens (tertiary/aromatic N) is 2. The zero-order valence-corrected chi connectivity index (χ0v) is 33.7. The highest BCUT2D eigenvalue weighted by molar-refractivity contribution is 6.36. The van der Waals surface area contributed by atoms with Crippen molar-refractivity contribution in [2.24, 2.45) is 0 Å². The minimum Gasteiger partial charge on any atom is -0.309 e. The van der Waals surface area contributed by atoms with Crippen LogP contribution < -0.4 is 9.80 Å². The van der Waals surface area contributed by atoms with Gasteiger partial charge in [0.15, 0.2) is 0 Å². The number of anilines is 6. The van der Waals surface area contributed by atoms with E-state index in [1.165, 1.54) is 86.5 Å². The molecule has 2 saturated carbocycles. The van der Waals surface area contributed by atoms with E-state index < -0.39 is 0 Å².